The molecule has 1 unspecified atom stereocenters. The average Bonchev–Trinajstić information content (AvgIpc) is 3.10. The van der Waals surface area contributed by atoms with Crippen LogP contribution in [0.1, 0.15) is 42.5 Å². The lowest BCUT2D eigenvalue weighted by molar-refractivity contribution is 0.472. The van der Waals surface area contributed by atoms with Gasteiger partial charge in [-0.15, -0.1) is 0 Å². The number of hydrogen-bond acceptors (Lipinski definition) is 5. The predicted molar refractivity (Wildman–Crippen MR) is 94.5 cm³/mol. The predicted octanol–water partition coefficient (Wildman–Crippen LogP) is 2.06. The van der Waals surface area contributed by atoms with Crippen molar-refractivity contribution in [1.29, 1.82) is 5.26 Å². The van der Waals surface area contributed by atoms with Gasteiger partial charge in [-0.25, -0.2) is 9.67 Å². The highest BCUT2D eigenvalue weighted by Gasteiger charge is 2.27. The molecular weight excluding hydrogens is 314 g/mol. The van der Waals surface area contributed by atoms with Gasteiger partial charge in [0.2, 0.25) is 0 Å². The van der Waals surface area contributed by atoms with Crippen LogP contribution in [0.5, 0.6) is 0 Å². The van der Waals surface area contributed by atoms with Crippen LogP contribution in [0.15, 0.2) is 29.2 Å². The van der Waals surface area contributed by atoms with E-state index in [9.17, 15) is 4.79 Å². The van der Waals surface area contributed by atoms with Gasteiger partial charge in [0.1, 0.15) is 11.9 Å². The Morgan fingerprint density at radius 3 is 2.92 bits per heavy atom. The molecule has 6 heteroatoms. The Balaban J connectivity index is 1.57. The number of aryl methyl sites for hydroxylation is 2. The molecule has 128 valence electrons. The Labute approximate surface area is 146 Å². The molecule has 2 aliphatic rings. The number of hydrogen-bond donors (Lipinski definition) is 0. The maximum atomic E-state index is 12.4. The summed E-state index contributed by atoms with van der Waals surface area (Å²) in [6, 6.07) is 7.77. The van der Waals surface area contributed by atoms with Crippen LogP contribution in [0.25, 0.3) is 0 Å². The molecule has 25 heavy (non-hydrogen) atoms. The number of nitriles is 1. The monoisotopic (exact) mass is 335 g/mol. The fourth-order valence-electron chi connectivity index (χ4n) is 3.88. The molecule has 1 atom stereocenters. The van der Waals surface area contributed by atoms with Crippen molar-refractivity contribution >= 4 is 5.82 Å². The average molecular weight is 335 g/mol. The van der Waals surface area contributed by atoms with Crippen molar-refractivity contribution in [2.45, 2.75) is 51.1 Å². The van der Waals surface area contributed by atoms with Gasteiger partial charge in [0.05, 0.1) is 23.8 Å². The molecule has 2 aromatic rings. The third-order valence-corrected chi connectivity index (χ3v) is 5.21. The lowest BCUT2D eigenvalue weighted by Crippen LogP contribution is -2.38. The first-order valence-corrected chi connectivity index (χ1v) is 8.97. The SMILES string of the molecule is N#Cc1ccc(N2CCCC2Cn2nc3c(cc2=O)CCCC3)nc1. The fourth-order valence-corrected chi connectivity index (χ4v) is 3.88. The zero-order valence-corrected chi connectivity index (χ0v) is 14.2. The first kappa shape index (κ1) is 15.8. The van der Waals surface area contributed by atoms with Gasteiger partial charge in [-0.2, -0.15) is 10.4 Å². The zero-order valence-electron chi connectivity index (χ0n) is 14.2. The molecule has 0 bridgehead atoms. The minimum atomic E-state index is 0.000266. The molecule has 1 aliphatic carbocycles. The Hall–Kier alpha value is -2.68. The first-order valence-electron chi connectivity index (χ1n) is 8.97. The van der Waals surface area contributed by atoms with Gasteiger partial charge in [0.25, 0.3) is 5.56 Å². The van der Waals surface area contributed by atoms with Crippen molar-refractivity contribution < 1.29 is 0 Å². The van der Waals surface area contributed by atoms with Crippen molar-refractivity contribution in [3.63, 3.8) is 0 Å². The van der Waals surface area contributed by atoms with Crippen molar-refractivity contribution in [3.05, 3.63) is 51.6 Å². The topological polar surface area (TPSA) is 74.8 Å². The quantitative estimate of drug-likeness (QED) is 0.858. The summed E-state index contributed by atoms with van der Waals surface area (Å²) in [6.45, 7) is 1.51. The van der Waals surface area contributed by atoms with Crippen molar-refractivity contribution in [3.8, 4) is 6.07 Å². The molecule has 3 heterocycles. The summed E-state index contributed by atoms with van der Waals surface area (Å²) in [4.78, 5) is 19.1. The van der Waals surface area contributed by atoms with E-state index in [1.54, 1.807) is 23.0 Å². The molecule has 1 saturated heterocycles. The Kier molecular flexibility index (Phi) is 4.22. The molecule has 2 aromatic heterocycles. The van der Waals surface area contributed by atoms with E-state index in [0.29, 0.717) is 12.1 Å². The van der Waals surface area contributed by atoms with Crippen LogP contribution in [0.4, 0.5) is 5.82 Å². The summed E-state index contributed by atoms with van der Waals surface area (Å²) in [7, 11) is 0. The molecule has 0 spiro atoms. The number of pyridine rings is 1. The standard InChI is InChI=1S/C19H21N5O/c20-11-14-7-8-18(21-12-14)23-9-3-5-16(23)13-24-19(25)10-15-4-1-2-6-17(15)22-24/h7-8,10,12,16H,1-6,9,13H2. The highest BCUT2D eigenvalue weighted by Crippen LogP contribution is 2.25. The number of aromatic nitrogens is 3. The molecule has 6 nitrogen and oxygen atoms in total. The van der Waals surface area contributed by atoms with Crippen molar-refractivity contribution in [2.75, 3.05) is 11.4 Å². The van der Waals surface area contributed by atoms with Gasteiger partial charge in [-0.05, 0) is 56.2 Å². The van der Waals surface area contributed by atoms with E-state index < -0.39 is 0 Å². The van der Waals surface area contributed by atoms with Crippen molar-refractivity contribution in [2.24, 2.45) is 0 Å². The zero-order chi connectivity index (χ0) is 17.2. The lowest BCUT2D eigenvalue weighted by Gasteiger charge is -2.26. The fraction of sp³-hybridized carbons (Fsp3) is 0.474. The third kappa shape index (κ3) is 3.14. The first-order chi connectivity index (χ1) is 12.2. The van der Waals surface area contributed by atoms with Crippen LogP contribution in [0.2, 0.25) is 0 Å². The second-order valence-electron chi connectivity index (χ2n) is 6.85. The smallest absolute Gasteiger partial charge is 0.267 e. The van der Waals surface area contributed by atoms with Gasteiger partial charge in [-0.3, -0.25) is 4.79 Å². The summed E-state index contributed by atoms with van der Waals surface area (Å²) in [5.74, 6) is 0.868. The van der Waals surface area contributed by atoms with Gasteiger partial charge in [0, 0.05) is 18.8 Å². The molecule has 1 fully saturated rings. The molecule has 0 saturated carbocycles. The van der Waals surface area contributed by atoms with Crippen LogP contribution < -0.4 is 10.5 Å². The second kappa shape index (κ2) is 6.67. The molecule has 4 rings (SSSR count). The minimum Gasteiger partial charge on any atom is -0.352 e. The van der Waals surface area contributed by atoms with Gasteiger partial charge in [0.15, 0.2) is 0 Å². The van der Waals surface area contributed by atoms with E-state index in [1.807, 2.05) is 6.07 Å². The van der Waals surface area contributed by atoms with E-state index in [-0.39, 0.29) is 11.6 Å². The minimum absolute atomic E-state index is 0.000266. The summed E-state index contributed by atoms with van der Waals surface area (Å²) in [6.07, 6.45) is 7.96. The summed E-state index contributed by atoms with van der Waals surface area (Å²) in [5, 5.41) is 13.6. The van der Waals surface area contributed by atoms with Crippen LogP contribution in [0.3, 0.4) is 0 Å². The van der Waals surface area contributed by atoms with E-state index in [0.717, 1.165) is 62.1 Å². The second-order valence-corrected chi connectivity index (χ2v) is 6.85. The molecule has 0 aromatic carbocycles. The van der Waals surface area contributed by atoms with Crippen LogP contribution >= 0.6 is 0 Å². The number of anilines is 1. The third-order valence-electron chi connectivity index (χ3n) is 5.21. The maximum absolute atomic E-state index is 12.4. The molecule has 0 radical (unpaired) electrons. The van der Waals surface area contributed by atoms with E-state index in [1.165, 1.54) is 0 Å². The highest BCUT2D eigenvalue weighted by molar-refractivity contribution is 5.43. The maximum Gasteiger partial charge on any atom is 0.267 e. The number of fused-ring (bicyclic) bond motifs is 1. The summed E-state index contributed by atoms with van der Waals surface area (Å²) in [5.41, 5.74) is 2.78. The van der Waals surface area contributed by atoms with E-state index >= 15 is 0 Å². The summed E-state index contributed by atoms with van der Waals surface area (Å²) >= 11 is 0. The van der Waals surface area contributed by atoms with Gasteiger partial charge in [-0.1, -0.05) is 0 Å². The van der Waals surface area contributed by atoms with E-state index in [2.05, 4.69) is 21.1 Å². The van der Waals surface area contributed by atoms with Crippen LogP contribution in [-0.4, -0.2) is 27.4 Å². The molecule has 1 aliphatic heterocycles. The van der Waals surface area contributed by atoms with Crippen molar-refractivity contribution in [1.82, 2.24) is 14.8 Å². The largest absolute Gasteiger partial charge is 0.352 e. The van der Waals surface area contributed by atoms with Gasteiger partial charge >= 0.3 is 0 Å². The number of nitrogens with zero attached hydrogens (tertiary/aromatic N) is 5. The molecule has 0 N–H and O–H groups in total. The lowest BCUT2D eigenvalue weighted by atomic mass is 9.97. The van der Waals surface area contributed by atoms with Gasteiger partial charge < -0.3 is 4.90 Å². The summed E-state index contributed by atoms with van der Waals surface area (Å²) < 4.78 is 1.64. The highest BCUT2D eigenvalue weighted by atomic mass is 16.1. The Morgan fingerprint density at radius 1 is 1.24 bits per heavy atom. The van der Waals surface area contributed by atoms with Crippen LogP contribution in [0, 0.1) is 11.3 Å². The number of rotatable bonds is 3. The molecule has 0 amide bonds. The normalized spacial score (nSPS) is 19.5. The Bertz CT molecular complexity index is 865. The van der Waals surface area contributed by atoms with Crippen LogP contribution in [-0.2, 0) is 19.4 Å². The molecular formula is C19H21N5O. The Morgan fingerprint density at radius 2 is 2.12 bits per heavy atom. The van der Waals surface area contributed by atoms with E-state index in [4.69, 9.17) is 5.26 Å².